The molecule has 0 radical (unpaired) electrons. The maximum Gasteiger partial charge on any atom is 0.184 e. The number of hydrogen-bond acceptors (Lipinski definition) is 4. The average Bonchev–Trinajstić information content (AvgIpc) is 2.41. The van der Waals surface area contributed by atoms with Crippen molar-refractivity contribution in [2.75, 3.05) is 6.61 Å². The Morgan fingerprint density at radius 1 is 1.45 bits per heavy atom. The van der Waals surface area contributed by atoms with E-state index in [9.17, 15) is 0 Å². The van der Waals surface area contributed by atoms with Crippen LogP contribution in [0.25, 0.3) is 0 Å². The zero-order valence-corrected chi connectivity index (χ0v) is 12.9. The van der Waals surface area contributed by atoms with Gasteiger partial charge in [0.2, 0.25) is 0 Å². The predicted octanol–water partition coefficient (Wildman–Crippen LogP) is 2.43. The Kier molecular flexibility index (Phi) is 6.79. The fourth-order valence-corrected chi connectivity index (χ4v) is 1.49. The van der Waals surface area contributed by atoms with Crippen LogP contribution in [0.15, 0.2) is 23.3 Å². The monoisotopic (exact) mass is 295 g/mol. The Hall–Kier alpha value is -1.82. The van der Waals surface area contributed by atoms with Crippen LogP contribution in [0.4, 0.5) is 0 Å². The van der Waals surface area contributed by atoms with E-state index in [1.54, 1.807) is 6.21 Å². The van der Waals surface area contributed by atoms with Gasteiger partial charge in [-0.3, -0.25) is 5.43 Å². The van der Waals surface area contributed by atoms with Crippen molar-refractivity contribution in [3.8, 4) is 11.5 Å². The van der Waals surface area contributed by atoms with Crippen LogP contribution in [0.1, 0.15) is 32.8 Å². The quantitative estimate of drug-likeness (QED) is 0.459. The topological polar surface area (TPSA) is 68.9 Å². The zero-order chi connectivity index (χ0) is 15.0. The van der Waals surface area contributed by atoms with Gasteiger partial charge in [-0.1, -0.05) is 6.92 Å². The van der Waals surface area contributed by atoms with Gasteiger partial charge in [-0.15, -0.1) is 0 Å². The Labute approximate surface area is 125 Å². The second kappa shape index (κ2) is 8.37. The van der Waals surface area contributed by atoms with Gasteiger partial charge >= 0.3 is 0 Å². The Bertz CT molecular complexity index is 477. The molecule has 6 heteroatoms. The molecule has 0 aliphatic carbocycles. The summed E-state index contributed by atoms with van der Waals surface area (Å²) in [6, 6.07) is 5.64. The lowest BCUT2D eigenvalue weighted by Crippen LogP contribution is -2.23. The molecule has 0 aliphatic heterocycles. The van der Waals surface area contributed by atoms with E-state index in [-0.39, 0.29) is 11.2 Å². The van der Waals surface area contributed by atoms with E-state index in [1.807, 2.05) is 32.0 Å². The minimum absolute atomic E-state index is 0.128. The third-order valence-corrected chi connectivity index (χ3v) is 2.65. The highest BCUT2D eigenvalue weighted by Crippen LogP contribution is 2.29. The SMILES string of the molecule is CCOc1cc(C=NNC(N)=S)ccc1OC(C)CC. The van der Waals surface area contributed by atoms with E-state index in [2.05, 4.69) is 29.7 Å². The van der Waals surface area contributed by atoms with Crippen molar-refractivity contribution in [1.29, 1.82) is 0 Å². The Balaban J connectivity index is 2.88. The first-order valence-corrected chi connectivity index (χ1v) is 6.99. The van der Waals surface area contributed by atoms with E-state index in [0.717, 1.165) is 17.7 Å². The number of nitrogens with one attached hydrogen (secondary N) is 1. The molecule has 1 aromatic carbocycles. The second-order valence-corrected chi connectivity index (χ2v) is 4.65. The van der Waals surface area contributed by atoms with Crippen LogP contribution in [0.5, 0.6) is 11.5 Å². The molecule has 1 atom stereocenters. The lowest BCUT2D eigenvalue weighted by molar-refractivity contribution is 0.203. The molecule has 0 amide bonds. The zero-order valence-electron chi connectivity index (χ0n) is 12.1. The van der Waals surface area contributed by atoms with Gasteiger partial charge in [0.05, 0.1) is 18.9 Å². The van der Waals surface area contributed by atoms with Gasteiger partial charge in [0.1, 0.15) is 0 Å². The number of nitrogens with two attached hydrogens (primary N) is 1. The standard InChI is InChI=1S/C14H21N3O2S/c1-4-10(3)19-12-7-6-11(8-13(12)18-5-2)9-16-17-14(15)20/h6-10H,4-5H2,1-3H3,(H3,15,17,20). The molecule has 0 saturated carbocycles. The molecule has 110 valence electrons. The molecule has 5 nitrogen and oxygen atoms in total. The van der Waals surface area contributed by atoms with Crippen LogP contribution in [-0.4, -0.2) is 24.0 Å². The lowest BCUT2D eigenvalue weighted by Gasteiger charge is -2.16. The Morgan fingerprint density at radius 3 is 2.80 bits per heavy atom. The number of rotatable bonds is 7. The first kappa shape index (κ1) is 16.2. The minimum atomic E-state index is 0.128. The number of hydrazone groups is 1. The summed E-state index contributed by atoms with van der Waals surface area (Å²) in [5.41, 5.74) is 8.67. The van der Waals surface area contributed by atoms with Crippen molar-refractivity contribution in [2.24, 2.45) is 10.8 Å². The van der Waals surface area contributed by atoms with Crippen LogP contribution in [0.3, 0.4) is 0 Å². The van der Waals surface area contributed by atoms with Crippen LogP contribution in [-0.2, 0) is 0 Å². The summed E-state index contributed by atoms with van der Waals surface area (Å²) in [6.45, 7) is 6.61. The van der Waals surface area contributed by atoms with E-state index in [1.165, 1.54) is 0 Å². The number of thiocarbonyl (C=S) groups is 1. The molecule has 0 spiro atoms. The molecule has 0 fully saturated rings. The van der Waals surface area contributed by atoms with Gasteiger partial charge in [0, 0.05) is 0 Å². The van der Waals surface area contributed by atoms with Crippen molar-refractivity contribution in [2.45, 2.75) is 33.3 Å². The summed E-state index contributed by atoms with van der Waals surface area (Å²) in [6.07, 6.45) is 2.70. The third kappa shape index (κ3) is 5.44. The summed E-state index contributed by atoms with van der Waals surface area (Å²) in [4.78, 5) is 0. The number of nitrogens with zero attached hydrogens (tertiary/aromatic N) is 1. The van der Waals surface area contributed by atoms with Gasteiger partial charge in [0.25, 0.3) is 0 Å². The molecule has 3 N–H and O–H groups in total. The van der Waals surface area contributed by atoms with Crippen molar-refractivity contribution in [1.82, 2.24) is 5.43 Å². The van der Waals surface area contributed by atoms with E-state index >= 15 is 0 Å². The fraction of sp³-hybridized carbons (Fsp3) is 0.429. The normalized spacial score (nSPS) is 12.2. The molecule has 0 aromatic heterocycles. The predicted molar refractivity (Wildman–Crippen MR) is 85.5 cm³/mol. The molecular weight excluding hydrogens is 274 g/mol. The third-order valence-electron chi connectivity index (χ3n) is 2.56. The van der Waals surface area contributed by atoms with E-state index < -0.39 is 0 Å². The first-order chi connectivity index (χ1) is 9.56. The molecule has 20 heavy (non-hydrogen) atoms. The summed E-state index contributed by atoms with van der Waals surface area (Å²) >= 11 is 4.67. The summed E-state index contributed by atoms with van der Waals surface area (Å²) in [5, 5.41) is 4.04. The van der Waals surface area contributed by atoms with Crippen LogP contribution in [0, 0.1) is 0 Å². The van der Waals surface area contributed by atoms with Crippen LogP contribution < -0.4 is 20.6 Å². The molecule has 1 unspecified atom stereocenters. The highest BCUT2D eigenvalue weighted by atomic mass is 32.1. The maximum atomic E-state index is 5.82. The molecule has 0 heterocycles. The smallest absolute Gasteiger partial charge is 0.184 e. The number of ether oxygens (including phenoxy) is 2. The number of hydrogen-bond donors (Lipinski definition) is 2. The molecule has 1 aromatic rings. The molecule has 0 bridgehead atoms. The fourth-order valence-electron chi connectivity index (χ4n) is 1.44. The highest BCUT2D eigenvalue weighted by Gasteiger charge is 2.08. The molecule has 1 rings (SSSR count). The highest BCUT2D eigenvalue weighted by molar-refractivity contribution is 7.80. The van der Waals surface area contributed by atoms with Gasteiger partial charge < -0.3 is 15.2 Å². The first-order valence-electron chi connectivity index (χ1n) is 6.58. The second-order valence-electron chi connectivity index (χ2n) is 4.21. The summed E-state index contributed by atoms with van der Waals surface area (Å²) < 4.78 is 11.4. The molecule has 0 aliphatic rings. The van der Waals surface area contributed by atoms with Gasteiger partial charge in [-0.2, -0.15) is 5.10 Å². The van der Waals surface area contributed by atoms with Crippen molar-refractivity contribution in [3.63, 3.8) is 0 Å². The summed E-state index contributed by atoms with van der Waals surface area (Å²) in [5.74, 6) is 1.44. The number of benzene rings is 1. The van der Waals surface area contributed by atoms with Crippen molar-refractivity contribution < 1.29 is 9.47 Å². The Morgan fingerprint density at radius 2 is 2.20 bits per heavy atom. The van der Waals surface area contributed by atoms with Crippen molar-refractivity contribution in [3.05, 3.63) is 23.8 Å². The van der Waals surface area contributed by atoms with Crippen molar-refractivity contribution >= 4 is 23.5 Å². The van der Waals surface area contributed by atoms with E-state index in [4.69, 9.17) is 15.2 Å². The molecular formula is C14H21N3O2S. The average molecular weight is 295 g/mol. The van der Waals surface area contributed by atoms with E-state index in [0.29, 0.717) is 12.4 Å². The molecule has 0 saturated heterocycles. The van der Waals surface area contributed by atoms with Crippen LogP contribution >= 0.6 is 12.2 Å². The maximum absolute atomic E-state index is 5.82. The van der Waals surface area contributed by atoms with Crippen LogP contribution in [0.2, 0.25) is 0 Å². The van der Waals surface area contributed by atoms with Gasteiger partial charge in [-0.05, 0) is 56.2 Å². The largest absolute Gasteiger partial charge is 0.490 e. The van der Waals surface area contributed by atoms with Gasteiger partial charge in [-0.25, -0.2) is 0 Å². The lowest BCUT2D eigenvalue weighted by atomic mass is 10.2. The summed E-state index contributed by atoms with van der Waals surface area (Å²) in [7, 11) is 0. The van der Waals surface area contributed by atoms with Gasteiger partial charge in [0.15, 0.2) is 16.6 Å². The minimum Gasteiger partial charge on any atom is -0.490 e.